The summed E-state index contributed by atoms with van der Waals surface area (Å²) in [5, 5.41) is 13.1. The Bertz CT molecular complexity index is 1090. The van der Waals surface area contributed by atoms with Crippen molar-refractivity contribution >= 4 is 0 Å². The lowest BCUT2D eigenvalue weighted by atomic mass is 10.0. The average Bonchev–Trinajstić information content (AvgIpc) is 3.22. The van der Waals surface area contributed by atoms with Crippen LogP contribution in [0.4, 0.5) is 4.39 Å². The van der Waals surface area contributed by atoms with Gasteiger partial charge in [-0.2, -0.15) is 15.0 Å². The van der Waals surface area contributed by atoms with Gasteiger partial charge in [0.15, 0.2) is 0 Å². The van der Waals surface area contributed by atoms with Gasteiger partial charge in [-0.15, -0.1) is 0 Å². The molecule has 4 nitrogen and oxygen atoms in total. The van der Waals surface area contributed by atoms with Gasteiger partial charge in [0.25, 0.3) is 0 Å². The minimum atomic E-state index is -0.243. The molecular formula is C26H27FN4. The molecule has 158 valence electrons. The molecule has 0 aliphatic carbocycles. The van der Waals surface area contributed by atoms with E-state index in [1.54, 1.807) is 16.9 Å². The molecule has 0 saturated carbocycles. The van der Waals surface area contributed by atoms with Gasteiger partial charge in [0.05, 0.1) is 6.54 Å². The minimum absolute atomic E-state index is 0.242. The monoisotopic (exact) mass is 414 g/mol. The van der Waals surface area contributed by atoms with E-state index in [9.17, 15) is 4.39 Å². The van der Waals surface area contributed by atoms with Crippen LogP contribution in [0.5, 0.6) is 0 Å². The lowest BCUT2D eigenvalue weighted by Crippen LogP contribution is -2.21. The molecule has 4 aromatic rings. The summed E-state index contributed by atoms with van der Waals surface area (Å²) in [6.45, 7) is 3.07. The molecule has 3 aromatic carbocycles. The van der Waals surface area contributed by atoms with Crippen molar-refractivity contribution < 1.29 is 4.39 Å². The van der Waals surface area contributed by atoms with E-state index in [-0.39, 0.29) is 11.9 Å². The Morgan fingerprint density at radius 2 is 1.55 bits per heavy atom. The number of rotatable bonds is 9. The van der Waals surface area contributed by atoms with Gasteiger partial charge in [0.2, 0.25) is 0 Å². The molecule has 1 N–H and O–H groups in total. The first-order chi connectivity index (χ1) is 15.2. The molecular weight excluding hydrogens is 387 g/mol. The summed E-state index contributed by atoms with van der Waals surface area (Å²) in [5.41, 5.74) is 4.53. The van der Waals surface area contributed by atoms with Crippen LogP contribution in [-0.4, -0.2) is 15.0 Å². The van der Waals surface area contributed by atoms with Crippen molar-refractivity contribution in [3.8, 4) is 11.3 Å². The number of benzene rings is 3. The van der Waals surface area contributed by atoms with Crippen LogP contribution < -0.4 is 5.32 Å². The molecule has 1 heterocycles. The van der Waals surface area contributed by atoms with E-state index in [0.29, 0.717) is 18.7 Å². The fourth-order valence-electron chi connectivity index (χ4n) is 3.75. The van der Waals surface area contributed by atoms with Crippen molar-refractivity contribution in [2.45, 2.75) is 38.9 Å². The Hall–Kier alpha value is -3.31. The lowest BCUT2D eigenvalue weighted by molar-refractivity contribution is 0.484. The second-order valence-electron chi connectivity index (χ2n) is 7.62. The van der Waals surface area contributed by atoms with E-state index in [0.717, 1.165) is 29.8 Å². The molecule has 0 unspecified atom stereocenters. The quantitative estimate of drug-likeness (QED) is 0.378. The highest BCUT2D eigenvalue weighted by atomic mass is 19.1. The third-order valence-corrected chi connectivity index (χ3v) is 5.34. The summed E-state index contributed by atoms with van der Waals surface area (Å²) in [7, 11) is 0. The van der Waals surface area contributed by atoms with Gasteiger partial charge in [-0.3, -0.25) is 0 Å². The van der Waals surface area contributed by atoms with Crippen LogP contribution in [0.25, 0.3) is 11.3 Å². The predicted octanol–water partition coefficient (Wildman–Crippen LogP) is 5.76. The maximum absolute atomic E-state index is 14.2. The largest absolute Gasteiger partial charge is 0.304 e. The van der Waals surface area contributed by atoms with Gasteiger partial charge >= 0.3 is 0 Å². The molecule has 0 fully saturated rings. The maximum atomic E-state index is 14.2. The molecule has 0 bridgehead atoms. The summed E-state index contributed by atoms with van der Waals surface area (Å²) in [6, 6.07) is 27.5. The standard InChI is InChI=1S/C26H27FN4/c1-2-11-24(20-12-5-3-6-13-20)28-18-25-26(21-14-7-4-8-15-21)30-31(29-25)19-22-16-9-10-17-23(22)27/h3-10,12-17,24,28H,2,11,18-19H2,1H3/t24-/m0/s1. The zero-order valence-corrected chi connectivity index (χ0v) is 17.7. The highest BCUT2D eigenvalue weighted by Crippen LogP contribution is 2.23. The second kappa shape index (κ2) is 10.1. The van der Waals surface area contributed by atoms with E-state index in [2.05, 4.69) is 36.5 Å². The molecule has 5 heteroatoms. The van der Waals surface area contributed by atoms with Crippen molar-refractivity contribution in [2.24, 2.45) is 0 Å². The first-order valence-corrected chi connectivity index (χ1v) is 10.8. The number of nitrogens with one attached hydrogen (secondary N) is 1. The third kappa shape index (κ3) is 5.25. The highest BCUT2D eigenvalue weighted by molar-refractivity contribution is 5.60. The van der Waals surface area contributed by atoms with Crippen LogP contribution in [0.3, 0.4) is 0 Å². The number of nitrogens with zero attached hydrogens (tertiary/aromatic N) is 3. The summed E-state index contributed by atoms with van der Waals surface area (Å²) in [6.07, 6.45) is 2.12. The summed E-state index contributed by atoms with van der Waals surface area (Å²) in [4.78, 5) is 1.59. The van der Waals surface area contributed by atoms with Crippen LogP contribution in [0.2, 0.25) is 0 Å². The third-order valence-electron chi connectivity index (χ3n) is 5.34. The normalized spacial score (nSPS) is 12.1. The molecule has 1 aromatic heterocycles. The van der Waals surface area contributed by atoms with Crippen LogP contribution in [0, 0.1) is 5.82 Å². The smallest absolute Gasteiger partial charge is 0.128 e. The van der Waals surface area contributed by atoms with Crippen molar-refractivity contribution in [2.75, 3.05) is 0 Å². The molecule has 31 heavy (non-hydrogen) atoms. The molecule has 1 atom stereocenters. The summed E-state index contributed by atoms with van der Waals surface area (Å²) >= 11 is 0. The van der Waals surface area contributed by atoms with Crippen LogP contribution in [0.1, 0.15) is 42.6 Å². The van der Waals surface area contributed by atoms with Gasteiger partial charge in [0, 0.05) is 23.7 Å². The SMILES string of the molecule is CCC[C@H](NCc1nn(Cc2ccccc2F)nc1-c1ccccc1)c1ccccc1. The van der Waals surface area contributed by atoms with Gasteiger partial charge in [-0.05, 0) is 18.1 Å². The molecule has 0 spiro atoms. The lowest BCUT2D eigenvalue weighted by Gasteiger charge is -2.18. The van der Waals surface area contributed by atoms with Crippen molar-refractivity contribution in [1.29, 1.82) is 0 Å². The van der Waals surface area contributed by atoms with E-state index in [1.807, 2.05) is 42.5 Å². The number of hydrogen-bond acceptors (Lipinski definition) is 3. The molecule has 0 aliphatic heterocycles. The predicted molar refractivity (Wildman–Crippen MR) is 122 cm³/mol. The number of aromatic nitrogens is 3. The number of halogens is 1. The summed E-state index contributed by atoms with van der Waals surface area (Å²) < 4.78 is 14.2. The molecule has 4 rings (SSSR count). The first kappa shape index (κ1) is 20.9. The van der Waals surface area contributed by atoms with Crippen molar-refractivity contribution in [3.05, 3.63) is 108 Å². The van der Waals surface area contributed by atoms with Crippen molar-refractivity contribution in [1.82, 2.24) is 20.3 Å². The van der Waals surface area contributed by atoms with E-state index in [1.165, 1.54) is 11.6 Å². The second-order valence-corrected chi connectivity index (χ2v) is 7.62. The van der Waals surface area contributed by atoms with Crippen LogP contribution >= 0.6 is 0 Å². The summed E-state index contributed by atoms with van der Waals surface area (Å²) in [5.74, 6) is -0.243. The Balaban J connectivity index is 1.60. The molecule has 0 saturated heterocycles. The van der Waals surface area contributed by atoms with E-state index in [4.69, 9.17) is 10.2 Å². The Kier molecular flexibility index (Phi) is 6.85. The maximum Gasteiger partial charge on any atom is 0.128 e. The van der Waals surface area contributed by atoms with Gasteiger partial charge in [0.1, 0.15) is 17.2 Å². The van der Waals surface area contributed by atoms with Gasteiger partial charge in [-0.1, -0.05) is 92.2 Å². The molecule has 0 amide bonds. The molecule has 0 radical (unpaired) electrons. The zero-order chi connectivity index (χ0) is 21.5. The fourth-order valence-corrected chi connectivity index (χ4v) is 3.75. The van der Waals surface area contributed by atoms with Gasteiger partial charge in [-0.25, -0.2) is 4.39 Å². The van der Waals surface area contributed by atoms with Crippen molar-refractivity contribution in [3.63, 3.8) is 0 Å². The van der Waals surface area contributed by atoms with Crippen LogP contribution in [0.15, 0.2) is 84.9 Å². The Labute approximate surface area is 182 Å². The molecule has 0 aliphatic rings. The Morgan fingerprint density at radius 3 is 2.26 bits per heavy atom. The van der Waals surface area contributed by atoms with Gasteiger partial charge < -0.3 is 5.32 Å². The Morgan fingerprint density at radius 1 is 0.871 bits per heavy atom. The topological polar surface area (TPSA) is 42.7 Å². The van der Waals surface area contributed by atoms with E-state index >= 15 is 0 Å². The minimum Gasteiger partial charge on any atom is -0.304 e. The zero-order valence-electron chi connectivity index (χ0n) is 17.7. The highest BCUT2D eigenvalue weighted by Gasteiger charge is 2.17. The fraction of sp³-hybridized carbons (Fsp3) is 0.231. The first-order valence-electron chi connectivity index (χ1n) is 10.8. The number of hydrogen-bond donors (Lipinski definition) is 1. The van der Waals surface area contributed by atoms with E-state index < -0.39 is 0 Å². The average molecular weight is 415 g/mol. The van der Waals surface area contributed by atoms with Crippen LogP contribution in [-0.2, 0) is 13.1 Å².